The smallest absolute Gasteiger partial charge is 0.293 e. The molecule has 66 heavy (non-hydrogen) atoms. The van der Waals surface area contributed by atoms with Crippen molar-refractivity contribution in [3.63, 3.8) is 0 Å². The molecule has 0 spiro atoms. The van der Waals surface area contributed by atoms with E-state index in [1.54, 1.807) is 12.3 Å². The first kappa shape index (κ1) is 45.4. The van der Waals surface area contributed by atoms with E-state index in [1.165, 1.54) is 28.8 Å². The maximum atomic E-state index is 14.4. The average molecular weight is 940 g/mol. The molecule has 1 aliphatic carbocycles. The van der Waals surface area contributed by atoms with Crippen LogP contribution in [-0.2, 0) is 19.5 Å². The van der Waals surface area contributed by atoms with Crippen LogP contribution in [0.1, 0.15) is 62.4 Å². The number of pyridine rings is 1. The van der Waals surface area contributed by atoms with Gasteiger partial charge in [0.25, 0.3) is 21.6 Å². The zero-order valence-corrected chi connectivity index (χ0v) is 38.9. The van der Waals surface area contributed by atoms with Gasteiger partial charge in [0, 0.05) is 80.6 Å². The van der Waals surface area contributed by atoms with E-state index in [0.29, 0.717) is 55.7 Å². The van der Waals surface area contributed by atoms with Crippen molar-refractivity contribution in [2.45, 2.75) is 63.6 Å². The highest BCUT2D eigenvalue weighted by Crippen LogP contribution is 2.44. The van der Waals surface area contributed by atoms with Gasteiger partial charge in [0.2, 0.25) is 5.88 Å². The number of halogens is 1. The maximum Gasteiger partial charge on any atom is 0.293 e. The van der Waals surface area contributed by atoms with Gasteiger partial charge in [0.05, 0.1) is 53.1 Å². The highest BCUT2D eigenvalue weighted by molar-refractivity contribution is 7.90. The Kier molecular flexibility index (Phi) is 13.0. The Labute approximate surface area is 389 Å². The molecule has 0 radical (unpaired) electrons. The Morgan fingerprint density at radius 2 is 1.80 bits per heavy atom. The molecular weight excluding hydrogens is 884 g/mol. The van der Waals surface area contributed by atoms with Gasteiger partial charge in [-0.2, -0.15) is 4.98 Å². The largest absolute Gasteiger partial charge is 0.473 e. The number of nitrogens with zero attached hydrogens (tertiary/aromatic N) is 5. The van der Waals surface area contributed by atoms with Crippen molar-refractivity contribution >= 4 is 72.6 Å². The predicted octanol–water partition coefficient (Wildman–Crippen LogP) is 8.17. The van der Waals surface area contributed by atoms with Crippen molar-refractivity contribution in [3.8, 4) is 5.88 Å². The molecule has 9 rings (SSSR count). The summed E-state index contributed by atoms with van der Waals surface area (Å²) < 4.78 is 47.5. The zero-order chi connectivity index (χ0) is 46.2. The number of aromatic nitrogens is 2. The Balaban J connectivity index is 0.996. The third-order valence-corrected chi connectivity index (χ3v) is 14.6. The SMILES string of the molecule is C[C@@H]1CCN(c2cc(N3CCN(CC4=C(c5ccc(Cl)cc5)CC(C)(C)CC4)CC3)ccc2C(=O)NS(=O)(=O)c2ccc(NC[C@H]3COCCO3)c([N+](=O)[O-])c2)c2cc3cc[nH]c3nc2O1. The summed E-state index contributed by atoms with van der Waals surface area (Å²) in [6.07, 6.45) is 5.05. The fourth-order valence-corrected chi connectivity index (χ4v) is 10.4. The first-order valence-corrected chi connectivity index (χ1v) is 24.4. The van der Waals surface area contributed by atoms with Crippen LogP contribution in [0.15, 0.2) is 89.5 Å². The van der Waals surface area contributed by atoms with Gasteiger partial charge in [0.15, 0.2) is 0 Å². The first-order chi connectivity index (χ1) is 31.7. The van der Waals surface area contributed by atoms with Crippen molar-refractivity contribution in [1.82, 2.24) is 19.6 Å². The van der Waals surface area contributed by atoms with E-state index in [4.69, 9.17) is 30.8 Å². The van der Waals surface area contributed by atoms with E-state index in [0.717, 1.165) is 74.1 Å². The summed E-state index contributed by atoms with van der Waals surface area (Å²) in [5.74, 6) is -0.508. The van der Waals surface area contributed by atoms with Crippen LogP contribution in [0.3, 0.4) is 0 Å². The molecule has 3 aliphatic heterocycles. The first-order valence-electron chi connectivity index (χ1n) is 22.5. The molecule has 2 aromatic heterocycles. The minimum Gasteiger partial charge on any atom is -0.473 e. The molecule has 2 atom stereocenters. The third kappa shape index (κ3) is 10.0. The number of aromatic amines is 1. The number of hydrogen-bond acceptors (Lipinski definition) is 13. The lowest BCUT2D eigenvalue weighted by Crippen LogP contribution is -2.47. The van der Waals surface area contributed by atoms with Gasteiger partial charge in [-0.05, 0) is 97.3 Å². The monoisotopic (exact) mass is 938 g/mol. The van der Waals surface area contributed by atoms with Crippen LogP contribution in [0.2, 0.25) is 5.02 Å². The number of fused-ring (bicyclic) bond motifs is 2. The molecule has 5 aromatic rings. The fourth-order valence-electron chi connectivity index (χ4n) is 9.29. The van der Waals surface area contributed by atoms with Crippen molar-refractivity contribution in [2.75, 3.05) is 80.8 Å². The molecule has 16 nitrogen and oxygen atoms in total. The van der Waals surface area contributed by atoms with E-state index in [2.05, 4.69) is 50.8 Å². The van der Waals surface area contributed by atoms with E-state index in [1.807, 2.05) is 48.2 Å². The van der Waals surface area contributed by atoms with Gasteiger partial charge in [-0.25, -0.2) is 13.1 Å². The second-order valence-electron chi connectivity index (χ2n) is 18.3. The van der Waals surface area contributed by atoms with Gasteiger partial charge in [-0.3, -0.25) is 19.8 Å². The summed E-state index contributed by atoms with van der Waals surface area (Å²) in [5, 5.41) is 16.7. The molecule has 0 saturated carbocycles. The fraction of sp³-hybridized carbons (Fsp3) is 0.417. The van der Waals surface area contributed by atoms with Gasteiger partial charge in [-0.15, -0.1) is 0 Å². The lowest BCUT2D eigenvalue weighted by molar-refractivity contribution is -0.384. The topological polar surface area (TPSA) is 185 Å². The van der Waals surface area contributed by atoms with Gasteiger partial charge in [0.1, 0.15) is 17.0 Å². The number of nitrogens with one attached hydrogen (secondary N) is 3. The summed E-state index contributed by atoms with van der Waals surface area (Å²) >= 11 is 6.27. The van der Waals surface area contributed by atoms with Crippen LogP contribution in [0.5, 0.6) is 5.88 Å². The highest BCUT2D eigenvalue weighted by atomic mass is 35.5. The van der Waals surface area contributed by atoms with Crippen molar-refractivity contribution in [1.29, 1.82) is 0 Å². The number of amides is 1. The Morgan fingerprint density at radius 1 is 1.00 bits per heavy atom. The van der Waals surface area contributed by atoms with E-state index in [-0.39, 0.29) is 35.4 Å². The average Bonchev–Trinajstić information content (AvgIpc) is 3.70. The number of anilines is 4. The number of nitro groups is 1. The number of piperazine rings is 1. The molecule has 3 aromatic carbocycles. The maximum absolute atomic E-state index is 14.4. The molecule has 4 aliphatic rings. The Hall–Kier alpha value is -5.72. The summed E-state index contributed by atoms with van der Waals surface area (Å²) in [4.78, 5) is 40.2. The lowest BCUT2D eigenvalue weighted by Gasteiger charge is -2.39. The van der Waals surface area contributed by atoms with E-state index in [9.17, 15) is 23.3 Å². The molecule has 1 amide bonds. The number of H-pyrrole nitrogens is 1. The highest BCUT2D eigenvalue weighted by Gasteiger charge is 2.33. The second-order valence-corrected chi connectivity index (χ2v) is 20.4. The Morgan fingerprint density at radius 3 is 2.56 bits per heavy atom. The molecule has 2 saturated heterocycles. The molecule has 0 unspecified atom stereocenters. The third-order valence-electron chi connectivity index (χ3n) is 13.0. The molecule has 348 valence electrons. The number of hydrogen-bond donors (Lipinski definition) is 3. The van der Waals surface area contributed by atoms with Crippen LogP contribution in [0.25, 0.3) is 16.6 Å². The number of allylic oxidation sites excluding steroid dienone is 1. The van der Waals surface area contributed by atoms with Crippen LogP contribution in [-0.4, -0.2) is 112 Å². The quantitative estimate of drug-likeness (QED) is 0.0805. The van der Waals surface area contributed by atoms with Crippen LogP contribution >= 0.6 is 11.6 Å². The zero-order valence-electron chi connectivity index (χ0n) is 37.3. The molecule has 18 heteroatoms. The van der Waals surface area contributed by atoms with Crippen LogP contribution < -0.4 is 24.6 Å². The lowest BCUT2D eigenvalue weighted by atomic mass is 9.72. The van der Waals surface area contributed by atoms with E-state index >= 15 is 0 Å². The van der Waals surface area contributed by atoms with Crippen LogP contribution in [0.4, 0.5) is 28.4 Å². The van der Waals surface area contributed by atoms with Crippen molar-refractivity contribution < 1.29 is 32.3 Å². The number of ether oxygens (including phenoxy) is 3. The van der Waals surface area contributed by atoms with Crippen LogP contribution in [0, 0.1) is 15.5 Å². The van der Waals surface area contributed by atoms with Gasteiger partial charge < -0.3 is 34.3 Å². The molecule has 0 bridgehead atoms. The predicted molar refractivity (Wildman–Crippen MR) is 256 cm³/mol. The van der Waals surface area contributed by atoms with Gasteiger partial charge in [-0.1, -0.05) is 43.2 Å². The van der Waals surface area contributed by atoms with Gasteiger partial charge >= 0.3 is 0 Å². The second kappa shape index (κ2) is 18.9. The Bertz CT molecular complexity index is 2770. The summed E-state index contributed by atoms with van der Waals surface area (Å²) in [5.41, 5.74) is 6.71. The normalized spacial score (nSPS) is 20.4. The number of nitro benzene ring substituents is 1. The number of benzene rings is 3. The molecular formula is C48H55ClN8O8S. The minimum absolute atomic E-state index is 0.0972. The minimum atomic E-state index is -4.60. The number of rotatable bonds is 12. The standard InChI is InChI=1S/C48H55ClN8O8S/c1-31-14-17-56(44-24-33-13-16-50-45(33)52-47(44)65-31)42-25-36(55-20-18-54(19-21-55)29-34-12-15-48(2,3)27-40(34)32-4-6-35(49)7-5-32)8-10-39(42)46(58)53-66(61,62)38-9-11-41(43(26-38)57(59)60)51-28-37-30-63-22-23-64-37/h4-11,13,16,24-26,31,37,51H,12,14-15,17-23,27-30H2,1-3H3,(H,50,52)(H,53,58)/t31-,37+/m1/s1. The van der Waals surface area contributed by atoms with Crippen molar-refractivity contribution in [3.05, 3.63) is 111 Å². The molecule has 2 fully saturated rings. The number of sulfonamides is 1. The summed E-state index contributed by atoms with van der Waals surface area (Å²) in [6, 6.07) is 21.0. The molecule has 3 N–H and O–H groups in total. The number of carbonyl (C=O) groups excluding carboxylic acids is 1. The number of carbonyl (C=O) groups is 1. The van der Waals surface area contributed by atoms with Crippen molar-refractivity contribution in [2.24, 2.45) is 5.41 Å². The summed E-state index contributed by atoms with van der Waals surface area (Å²) in [6.45, 7) is 12.5. The molecule has 5 heterocycles. The summed E-state index contributed by atoms with van der Waals surface area (Å²) in [7, 11) is -4.60. The van der Waals surface area contributed by atoms with E-state index < -0.39 is 31.4 Å².